The van der Waals surface area contributed by atoms with Crippen LogP contribution in [0.5, 0.6) is 0 Å². The van der Waals surface area contributed by atoms with Gasteiger partial charge in [-0.25, -0.2) is 13.8 Å². The summed E-state index contributed by atoms with van der Waals surface area (Å²) >= 11 is 2.22. The van der Waals surface area contributed by atoms with Crippen molar-refractivity contribution in [3.8, 4) is 0 Å². The Hall–Kier alpha value is -2.72. The number of hydrogen-bond donors (Lipinski definition) is 1. The van der Waals surface area contributed by atoms with Crippen molar-refractivity contribution in [2.45, 2.75) is 25.7 Å². The van der Waals surface area contributed by atoms with E-state index in [2.05, 4.69) is 33.1 Å². The average molecular weight is 561 g/mol. The molecule has 0 aliphatic carbocycles. The van der Waals surface area contributed by atoms with Crippen LogP contribution in [0.3, 0.4) is 0 Å². The number of nitrogens with zero attached hydrogens (tertiary/aromatic N) is 2. The largest absolute Gasteiger partial charge is 0.271 e. The molecule has 0 aromatic heterocycles. The second kappa shape index (κ2) is 10.3. The Morgan fingerprint density at radius 2 is 1.66 bits per heavy atom. The summed E-state index contributed by atoms with van der Waals surface area (Å²) in [6.45, 7) is 5.14. The Morgan fingerprint density at radius 1 is 1.00 bits per heavy atom. The molecular formula is C24H24IN3O3S. The predicted octanol–water partition coefficient (Wildman–Crippen LogP) is 4.64. The van der Waals surface area contributed by atoms with E-state index in [0.717, 1.165) is 24.6 Å². The lowest BCUT2D eigenvalue weighted by Gasteiger charge is -2.25. The van der Waals surface area contributed by atoms with Gasteiger partial charge in [-0.05, 0) is 84.8 Å². The highest BCUT2D eigenvalue weighted by Gasteiger charge is 2.28. The summed E-state index contributed by atoms with van der Waals surface area (Å²) in [5.74, 6) is -0.533. The van der Waals surface area contributed by atoms with Crippen molar-refractivity contribution >= 4 is 49.9 Å². The Balaban J connectivity index is 1.89. The van der Waals surface area contributed by atoms with Crippen molar-refractivity contribution in [2.75, 3.05) is 10.8 Å². The quantitative estimate of drug-likeness (QED) is 0.259. The highest BCUT2D eigenvalue weighted by Crippen LogP contribution is 2.27. The van der Waals surface area contributed by atoms with Crippen LogP contribution in [0.1, 0.15) is 23.6 Å². The van der Waals surface area contributed by atoms with E-state index in [4.69, 9.17) is 0 Å². The Kier molecular flexibility index (Phi) is 7.68. The fourth-order valence-electron chi connectivity index (χ4n) is 3.17. The van der Waals surface area contributed by atoms with Crippen LogP contribution in [0.25, 0.3) is 0 Å². The lowest BCUT2D eigenvalue weighted by Crippen LogP contribution is -2.40. The van der Waals surface area contributed by atoms with Gasteiger partial charge < -0.3 is 0 Å². The van der Waals surface area contributed by atoms with E-state index in [1.165, 1.54) is 12.1 Å². The zero-order valence-electron chi connectivity index (χ0n) is 18.0. The lowest BCUT2D eigenvalue weighted by molar-refractivity contribution is -0.119. The average Bonchev–Trinajstić information content (AvgIpc) is 2.77. The molecule has 0 aliphatic rings. The molecule has 0 fully saturated rings. The number of aryl methyl sites for hydroxylation is 2. The van der Waals surface area contributed by atoms with E-state index in [0.29, 0.717) is 11.4 Å². The van der Waals surface area contributed by atoms with Gasteiger partial charge in [0.15, 0.2) is 0 Å². The molecule has 0 atom stereocenters. The van der Waals surface area contributed by atoms with Crippen LogP contribution in [0.2, 0.25) is 0 Å². The van der Waals surface area contributed by atoms with E-state index in [1.54, 1.807) is 31.2 Å². The third-order valence-corrected chi connectivity index (χ3v) is 7.34. The zero-order chi connectivity index (χ0) is 23.3. The van der Waals surface area contributed by atoms with Crippen molar-refractivity contribution in [3.05, 3.63) is 93.1 Å². The molecule has 0 saturated carbocycles. The number of benzene rings is 3. The number of hydrazone groups is 1. The molecule has 0 saturated heterocycles. The third-order valence-electron chi connectivity index (χ3n) is 4.85. The zero-order valence-corrected chi connectivity index (χ0v) is 21.0. The molecule has 0 spiro atoms. The maximum Gasteiger partial charge on any atom is 0.264 e. The monoisotopic (exact) mass is 561 g/mol. The fraction of sp³-hybridized carbons (Fsp3) is 0.167. The van der Waals surface area contributed by atoms with Gasteiger partial charge in [-0.1, -0.05) is 48.0 Å². The fourth-order valence-corrected chi connectivity index (χ4v) is 5.04. The van der Waals surface area contributed by atoms with Gasteiger partial charge in [-0.2, -0.15) is 5.10 Å². The van der Waals surface area contributed by atoms with Crippen LogP contribution >= 0.6 is 22.6 Å². The van der Waals surface area contributed by atoms with Crippen LogP contribution in [-0.4, -0.2) is 26.6 Å². The molecule has 1 amide bonds. The number of halogens is 1. The van der Waals surface area contributed by atoms with Crippen LogP contribution < -0.4 is 9.73 Å². The smallest absolute Gasteiger partial charge is 0.264 e. The second-order valence-corrected chi connectivity index (χ2v) is 10.5. The van der Waals surface area contributed by atoms with E-state index in [-0.39, 0.29) is 4.90 Å². The number of amides is 1. The lowest BCUT2D eigenvalue weighted by atomic mass is 10.1. The second-order valence-electron chi connectivity index (χ2n) is 7.35. The number of hydrogen-bond acceptors (Lipinski definition) is 4. The van der Waals surface area contributed by atoms with Gasteiger partial charge in [0.1, 0.15) is 6.54 Å². The van der Waals surface area contributed by atoms with Crippen molar-refractivity contribution in [1.82, 2.24) is 5.43 Å². The molecule has 32 heavy (non-hydrogen) atoms. The molecule has 0 radical (unpaired) electrons. The van der Waals surface area contributed by atoms with Gasteiger partial charge in [-0.15, -0.1) is 0 Å². The Bertz CT molecular complexity index is 1240. The van der Waals surface area contributed by atoms with Crippen LogP contribution in [0.15, 0.2) is 82.8 Å². The molecule has 166 valence electrons. The van der Waals surface area contributed by atoms with Crippen LogP contribution in [-0.2, 0) is 14.8 Å². The number of sulfonamides is 1. The summed E-state index contributed by atoms with van der Waals surface area (Å²) in [6, 6.07) is 21.2. The molecule has 6 nitrogen and oxygen atoms in total. The number of carbonyl (C=O) groups is 1. The van der Waals surface area contributed by atoms with Crippen molar-refractivity contribution in [1.29, 1.82) is 0 Å². The molecule has 0 heterocycles. The summed E-state index contributed by atoms with van der Waals surface area (Å²) in [5.41, 5.74) is 6.20. The topological polar surface area (TPSA) is 78.8 Å². The van der Waals surface area contributed by atoms with Gasteiger partial charge in [0.25, 0.3) is 15.9 Å². The molecule has 0 unspecified atom stereocenters. The molecular weight excluding hydrogens is 537 g/mol. The SMILES string of the molecule is CC(=NNC(=O)CN(c1ccc(C)cc1C)S(=O)(=O)c1ccccc1)c1ccc(I)cc1. The predicted molar refractivity (Wildman–Crippen MR) is 136 cm³/mol. The molecule has 1 N–H and O–H groups in total. The van der Waals surface area contributed by atoms with E-state index in [1.807, 2.05) is 50.2 Å². The maximum atomic E-state index is 13.4. The van der Waals surface area contributed by atoms with Gasteiger partial charge in [0.2, 0.25) is 0 Å². The minimum atomic E-state index is -3.96. The van der Waals surface area contributed by atoms with E-state index >= 15 is 0 Å². The molecule has 3 rings (SSSR count). The summed E-state index contributed by atoms with van der Waals surface area (Å²) < 4.78 is 29.0. The number of anilines is 1. The summed E-state index contributed by atoms with van der Waals surface area (Å²) in [4.78, 5) is 12.9. The third kappa shape index (κ3) is 5.74. The first-order valence-corrected chi connectivity index (χ1v) is 12.4. The van der Waals surface area contributed by atoms with Crippen molar-refractivity contribution < 1.29 is 13.2 Å². The first-order valence-electron chi connectivity index (χ1n) is 9.92. The number of carbonyl (C=O) groups excluding carboxylic acids is 1. The van der Waals surface area contributed by atoms with Crippen molar-refractivity contribution in [2.24, 2.45) is 5.10 Å². The Labute approximate surface area is 202 Å². The Morgan fingerprint density at radius 3 is 2.28 bits per heavy atom. The number of nitrogens with one attached hydrogen (secondary N) is 1. The van der Waals surface area contributed by atoms with Gasteiger partial charge in [0, 0.05) is 3.57 Å². The van der Waals surface area contributed by atoms with Crippen molar-refractivity contribution in [3.63, 3.8) is 0 Å². The standard InChI is InChI=1S/C24H24IN3O3S/c1-17-9-14-23(18(2)15-17)28(32(30,31)22-7-5-4-6-8-22)16-24(29)27-26-19(3)20-10-12-21(25)13-11-20/h4-15H,16H2,1-3H3,(H,27,29). The van der Waals surface area contributed by atoms with E-state index in [9.17, 15) is 13.2 Å². The number of rotatable bonds is 7. The first-order chi connectivity index (χ1) is 15.2. The van der Waals surface area contributed by atoms with Crippen LogP contribution in [0.4, 0.5) is 5.69 Å². The highest BCUT2D eigenvalue weighted by molar-refractivity contribution is 14.1. The normalized spacial score (nSPS) is 11.8. The molecule has 3 aromatic rings. The molecule has 3 aromatic carbocycles. The van der Waals surface area contributed by atoms with Gasteiger partial charge in [0.05, 0.1) is 16.3 Å². The summed E-state index contributed by atoms with van der Waals surface area (Å²) in [7, 11) is -3.96. The molecule has 0 aliphatic heterocycles. The molecule has 8 heteroatoms. The highest BCUT2D eigenvalue weighted by atomic mass is 127. The molecule has 0 bridgehead atoms. The van der Waals surface area contributed by atoms with E-state index < -0.39 is 22.5 Å². The summed E-state index contributed by atoms with van der Waals surface area (Å²) in [5, 5.41) is 4.16. The summed E-state index contributed by atoms with van der Waals surface area (Å²) in [6.07, 6.45) is 0. The van der Waals surface area contributed by atoms with Gasteiger partial charge in [-0.3, -0.25) is 9.10 Å². The van der Waals surface area contributed by atoms with Crippen LogP contribution in [0, 0.1) is 17.4 Å². The van der Waals surface area contributed by atoms with Gasteiger partial charge >= 0.3 is 0 Å². The minimum Gasteiger partial charge on any atom is -0.271 e. The minimum absolute atomic E-state index is 0.117. The first kappa shape index (κ1) is 23.9. The maximum absolute atomic E-state index is 13.4.